The number of furan rings is 1. The van der Waals surface area contributed by atoms with Crippen LogP contribution < -0.4 is 5.32 Å². The molecule has 98 valence electrons. The Labute approximate surface area is 105 Å². The van der Waals surface area contributed by atoms with Crippen LogP contribution in [0, 0.1) is 0 Å². The average molecular weight is 238 g/mol. The van der Waals surface area contributed by atoms with Crippen molar-refractivity contribution >= 4 is 0 Å². The van der Waals surface area contributed by atoms with Crippen LogP contribution in [0.1, 0.15) is 44.9 Å². The second kappa shape index (κ2) is 8.31. The lowest BCUT2D eigenvalue weighted by atomic mass is 10.2. The van der Waals surface area contributed by atoms with Crippen molar-refractivity contribution in [1.82, 2.24) is 10.2 Å². The van der Waals surface area contributed by atoms with E-state index < -0.39 is 0 Å². The lowest BCUT2D eigenvalue weighted by Crippen LogP contribution is -2.24. The predicted molar refractivity (Wildman–Crippen MR) is 71.9 cm³/mol. The Morgan fingerprint density at radius 1 is 1.29 bits per heavy atom. The molecule has 0 saturated carbocycles. The minimum atomic E-state index is 0.910. The monoisotopic (exact) mass is 238 g/mol. The molecule has 0 aliphatic rings. The zero-order valence-corrected chi connectivity index (χ0v) is 11.5. The first kappa shape index (κ1) is 14.3. The molecule has 0 aliphatic carbocycles. The zero-order chi connectivity index (χ0) is 12.5. The summed E-state index contributed by atoms with van der Waals surface area (Å²) in [4.78, 5) is 2.44. The molecular formula is C14H26N2O. The van der Waals surface area contributed by atoms with Crippen molar-refractivity contribution in [2.75, 3.05) is 19.6 Å². The number of rotatable bonds is 9. The molecule has 0 saturated heterocycles. The van der Waals surface area contributed by atoms with Crippen LogP contribution in [0.25, 0.3) is 0 Å². The molecule has 0 unspecified atom stereocenters. The third-order valence-corrected chi connectivity index (χ3v) is 3.05. The van der Waals surface area contributed by atoms with E-state index in [2.05, 4.69) is 37.1 Å². The Bertz CT molecular complexity index is 296. The molecule has 0 bridgehead atoms. The highest BCUT2D eigenvalue weighted by molar-refractivity contribution is 5.16. The van der Waals surface area contributed by atoms with E-state index in [-0.39, 0.29) is 0 Å². The van der Waals surface area contributed by atoms with Crippen LogP contribution in [0.4, 0.5) is 0 Å². The van der Waals surface area contributed by atoms with Crippen molar-refractivity contribution in [3.8, 4) is 0 Å². The molecule has 3 heteroatoms. The van der Waals surface area contributed by atoms with Crippen LogP contribution in [-0.4, -0.2) is 24.5 Å². The standard InChI is InChI=1S/C14H26N2O/c1-4-7-9-16(6-3)12-14-13(8-10-17-14)11-15-5-2/h8,10,15H,4-7,9,11-12H2,1-3H3. The van der Waals surface area contributed by atoms with E-state index in [1.807, 2.05) is 0 Å². The van der Waals surface area contributed by atoms with Crippen molar-refractivity contribution in [3.63, 3.8) is 0 Å². The third kappa shape index (κ3) is 4.92. The summed E-state index contributed by atoms with van der Waals surface area (Å²) in [5.41, 5.74) is 1.29. The first-order chi connectivity index (χ1) is 8.31. The third-order valence-electron chi connectivity index (χ3n) is 3.05. The van der Waals surface area contributed by atoms with Gasteiger partial charge in [-0.2, -0.15) is 0 Å². The first-order valence-electron chi connectivity index (χ1n) is 6.80. The fraction of sp³-hybridized carbons (Fsp3) is 0.714. The molecule has 1 aromatic rings. The van der Waals surface area contributed by atoms with E-state index in [1.54, 1.807) is 6.26 Å². The number of unbranched alkanes of at least 4 members (excludes halogenated alkanes) is 1. The van der Waals surface area contributed by atoms with E-state index in [0.29, 0.717) is 0 Å². The van der Waals surface area contributed by atoms with Crippen LogP contribution in [-0.2, 0) is 13.1 Å². The van der Waals surface area contributed by atoms with E-state index in [0.717, 1.165) is 38.5 Å². The maximum atomic E-state index is 5.59. The SMILES string of the molecule is CCCCN(CC)Cc1occc1CNCC. The minimum Gasteiger partial charge on any atom is -0.468 e. The van der Waals surface area contributed by atoms with Crippen molar-refractivity contribution in [2.24, 2.45) is 0 Å². The molecule has 1 rings (SSSR count). The summed E-state index contributed by atoms with van der Waals surface area (Å²) in [6.07, 6.45) is 4.31. The van der Waals surface area contributed by atoms with Crippen LogP contribution >= 0.6 is 0 Å². The van der Waals surface area contributed by atoms with Gasteiger partial charge in [-0.1, -0.05) is 27.2 Å². The van der Waals surface area contributed by atoms with Gasteiger partial charge in [0.2, 0.25) is 0 Å². The normalized spacial score (nSPS) is 11.3. The first-order valence-corrected chi connectivity index (χ1v) is 6.80. The van der Waals surface area contributed by atoms with Gasteiger partial charge < -0.3 is 9.73 Å². The van der Waals surface area contributed by atoms with Crippen LogP contribution in [0.5, 0.6) is 0 Å². The summed E-state index contributed by atoms with van der Waals surface area (Å²) in [5, 5.41) is 3.35. The predicted octanol–water partition coefficient (Wildman–Crippen LogP) is 3.01. The summed E-state index contributed by atoms with van der Waals surface area (Å²) < 4.78 is 5.59. The lowest BCUT2D eigenvalue weighted by molar-refractivity contribution is 0.250. The molecular weight excluding hydrogens is 212 g/mol. The highest BCUT2D eigenvalue weighted by Crippen LogP contribution is 2.13. The van der Waals surface area contributed by atoms with Gasteiger partial charge in [-0.05, 0) is 32.1 Å². The molecule has 1 aromatic heterocycles. The fourth-order valence-electron chi connectivity index (χ4n) is 1.86. The second-order valence-electron chi connectivity index (χ2n) is 4.37. The van der Waals surface area contributed by atoms with E-state index in [4.69, 9.17) is 4.42 Å². The molecule has 17 heavy (non-hydrogen) atoms. The van der Waals surface area contributed by atoms with E-state index in [9.17, 15) is 0 Å². The highest BCUT2D eigenvalue weighted by atomic mass is 16.3. The smallest absolute Gasteiger partial charge is 0.122 e. The van der Waals surface area contributed by atoms with Gasteiger partial charge in [0.15, 0.2) is 0 Å². The molecule has 1 N–H and O–H groups in total. The highest BCUT2D eigenvalue weighted by Gasteiger charge is 2.10. The molecule has 0 aliphatic heterocycles. The van der Waals surface area contributed by atoms with Gasteiger partial charge >= 0.3 is 0 Å². The Kier molecular flexibility index (Phi) is 6.97. The molecule has 3 nitrogen and oxygen atoms in total. The van der Waals surface area contributed by atoms with Crippen molar-refractivity contribution in [2.45, 2.75) is 46.7 Å². The Balaban J connectivity index is 2.50. The minimum absolute atomic E-state index is 0.910. The van der Waals surface area contributed by atoms with E-state index in [1.165, 1.54) is 18.4 Å². The maximum Gasteiger partial charge on any atom is 0.122 e. The molecule has 0 aromatic carbocycles. The topological polar surface area (TPSA) is 28.4 Å². The molecule has 0 radical (unpaired) electrons. The van der Waals surface area contributed by atoms with Gasteiger partial charge in [-0.3, -0.25) is 4.90 Å². The number of hydrogen-bond acceptors (Lipinski definition) is 3. The summed E-state index contributed by atoms with van der Waals surface area (Å²) in [6.45, 7) is 11.7. The fourth-order valence-corrected chi connectivity index (χ4v) is 1.86. The second-order valence-corrected chi connectivity index (χ2v) is 4.37. The maximum absolute atomic E-state index is 5.59. The summed E-state index contributed by atoms with van der Waals surface area (Å²) in [5.74, 6) is 1.11. The van der Waals surface area contributed by atoms with Gasteiger partial charge in [0.1, 0.15) is 5.76 Å². The lowest BCUT2D eigenvalue weighted by Gasteiger charge is -2.19. The molecule has 1 heterocycles. The summed E-state index contributed by atoms with van der Waals surface area (Å²) >= 11 is 0. The Morgan fingerprint density at radius 2 is 2.12 bits per heavy atom. The zero-order valence-electron chi connectivity index (χ0n) is 11.5. The number of hydrogen-bond donors (Lipinski definition) is 1. The summed E-state index contributed by atoms with van der Waals surface area (Å²) in [6, 6.07) is 2.08. The quantitative estimate of drug-likeness (QED) is 0.717. The van der Waals surface area contributed by atoms with Crippen LogP contribution in [0.2, 0.25) is 0 Å². The molecule has 0 fully saturated rings. The molecule has 0 atom stereocenters. The number of nitrogens with zero attached hydrogens (tertiary/aromatic N) is 1. The van der Waals surface area contributed by atoms with Gasteiger partial charge in [-0.15, -0.1) is 0 Å². The van der Waals surface area contributed by atoms with Gasteiger partial charge in [-0.25, -0.2) is 0 Å². The van der Waals surface area contributed by atoms with Gasteiger partial charge in [0, 0.05) is 12.1 Å². The van der Waals surface area contributed by atoms with Crippen molar-refractivity contribution in [3.05, 3.63) is 23.7 Å². The Morgan fingerprint density at radius 3 is 2.76 bits per heavy atom. The van der Waals surface area contributed by atoms with E-state index >= 15 is 0 Å². The van der Waals surface area contributed by atoms with Crippen LogP contribution in [0.15, 0.2) is 16.7 Å². The van der Waals surface area contributed by atoms with Crippen molar-refractivity contribution in [1.29, 1.82) is 0 Å². The van der Waals surface area contributed by atoms with Gasteiger partial charge in [0.25, 0.3) is 0 Å². The molecule has 0 amide bonds. The molecule has 0 spiro atoms. The summed E-state index contributed by atoms with van der Waals surface area (Å²) in [7, 11) is 0. The largest absolute Gasteiger partial charge is 0.468 e. The Hall–Kier alpha value is -0.800. The average Bonchev–Trinajstić information content (AvgIpc) is 2.79. The van der Waals surface area contributed by atoms with Crippen LogP contribution in [0.3, 0.4) is 0 Å². The number of nitrogens with one attached hydrogen (secondary N) is 1. The van der Waals surface area contributed by atoms with Gasteiger partial charge in [0.05, 0.1) is 12.8 Å². The van der Waals surface area contributed by atoms with Crippen molar-refractivity contribution < 1.29 is 4.42 Å².